The van der Waals surface area contributed by atoms with Crippen molar-refractivity contribution in [3.8, 4) is 11.5 Å². The zero-order valence-corrected chi connectivity index (χ0v) is 17.5. The molecule has 2 amide bonds. The number of anilines is 2. The van der Waals surface area contributed by atoms with Gasteiger partial charge in [-0.2, -0.15) is 0 Å². The third-order valence-corrected chi connectivity index (χ3v) is 4.96. The van der Waals surface area contributed by atoms with Crippen molar-refractivity contribution in [3.05, 3.63) is 54.6 Å². The van der Waals surface area contributed by atoms with Crippen LogP contribution in [0.3, 0.4) is 0 Å². The lowest BCUT2D eigenvalue weighted by Gasteiger charge is -2.15. The fourth-order valence-electron chi connectivity index (χ4n) is 2.35. The Kier molecular flexibility index (Phi) is 8.30. The van der Waals surface area contributed by atoms with Gasteiger partial charge < -0.3 is 25.2 Å². The molecule has 1 atom stereocenters. The number of nitrogens with one attached hydrogen (secondary N) is 2. The number of carbonyl (C=O) groups is 3. The fourth-order valence-corrected chi connectivity index (χ4v) is 3.22. The van der Waals surface area contributed by atoms with E-state index in [2.05, 4.69) is 10.6 Å². The molecule has 9 heteroatoms. The van der Waals surface area contributed by atoms with Crippen molar-refractivity contribution in [2.24, 2.45) is 0 Å². The molecule has 0 saturated carbocycles. The second-order valence-electron chi connectivity index (χ2n) is 6.00. The van der Waals surface area contributed by atoms with Gasteiger partial charge in [0.1, 0.15) is 11.5 Å². The number of hydrogen-bond acceptors (Lipinski definition) is 6. The normalized spacial score (nSPS) is 11.6. The number of rotatable bonds is 9. The lowest BCUT2D eigenvalue weighted by atomic mass is 10.2. The molecule has 0 aliphatic rings. The summed E-state index contributed by atoms with van der Waals surface area (Å²) < 4.78 is 10.5. The van der Waals surface area contributed by atoms with Crippen LogP contribution in [-0.2, 0) is 14.4 Å². The third kappa shape index (κ3) is 6.85. The topological polar surface area (TPSA) is 114 Å². The van der Waals surface area contributed by atoms with E-state index in [1.54, 1.807) is 56.5 Å². The second-order valence-corrected chi connectivity index (χ2v) is 7.41. The van der Waals surface area contributed by atoms with Crippen molar-refractivity contribution in [3.63, 3.8) is 0 Å². The summed E-state index contributed by atoms with van der Waals surface area (Å²) in [6, 6.07) is 12.0. The first-order valence-electron chi connectivity index (χ1n) is 8.84. The molecule has 2 aromatic rings. The number of thioether (sulfide) groups is 1. The van der Waals surface area contributed by atoms with Crippen molar-refractivity contribution in [1.82, 2.24) is 0 Å². The molecule has 0 aromatic heterocycles. The number of amides is 2. The van der Waals surface area contributed by atoms with Crippen molar-refractivity contribution in [1.29, 1.82) is 0 Å². The minimum Gasteiger partial charge on any atom is -0.497 e. The first-order valence-corrected chi connectivity index (χ1v) is 9.72. The SMILES string of the molecule is COc1ccc(OC)c(NC(=O)C(C)Sc2ccc(NC(=O)/C=C/C(=O)O)cc2)c1. The Labute approximate surface area is 178 Å². The van der Waals surface area contributed by atoms with E-state index in [1.165, 1.54) is 18.9 Å². The molecule has 0 aliphatic carbocycles. The number of benzene rings is 2. The van der Waals surface area contributed by atoms with Gasteiger partial charge in [-0.05, 0) is 43.3 Å². The smallest absolute Gasteiger partial charge is 0.328 e. The van der Waals surface area contributed by atoms with Gasteiger partial charge in [0.05, 0.1) is 25.2 Å². The zero-order valence-electron chi connectivity index (χ0n) is 16.7. The molecule has 0 fully saturated rings. The number of carboxylic acid groups (broad SMARTS) is 1. The van der Waals surface area contributed by atoms with Gasteiger partial charge in [-0.3, -0.25) is 9.59 Å². The highest BCUT2D eigenvalue weighted by Gasteiger charge is 2.17. The summed E-state index contributed by atoms with van der Waals surface area (Å²) in [6.45, 7) is 1.78. The predicted octanol–water partition coefficient (Wildman–Crippen LogP) is 3.40. The molecule has 2 rings (SSSR count). The molecule has 0 bridgehead atoms. The summed E-state index contributed by atoms with van der Waals surface area (Å²) in [5, 5.41) is 13.5. The Morgan fingerprint density at radius 3 is 2.30 bits per heavy atom. The van der Waals surface area contributed by atoms with Crippen LogP contribution in [0.15, 0.2) is 59.5 Å². The average Bonchev–Trinajstić information content (AvgIpc) is 2.73. The van der Waals surface area contributed by atoms with Crippen LogP contribution in [0.4, 0.5) is 11.4 Å². The van der Waals surface area contributed by atoms with Crippen LogP contribution < -0.4 is 20.1 Å². The van der Waals surface area contributed by atoms with Crippen LogP contribution in [0.2, 0.25) is 0 Å². The van der Waals surface area contributed by atoms with Crippen LogP contribution in [0.25, 0.3) is 0 Å². The number of carbonyl (C=O) groups excluding carboxylic acids is 2. The number of hydrogen-bond donors (Lipinski definition) is 3. The number of aliphatic carboxylic acids is 1. The number of carboxylic acids is 1. The molecular weight excluding hydrogens is 408 g/mol. The monoisotopic (exact) mass is 430 g/mol. The molecule has 158 valence electrons. The molecule has 0 saturated heterocycles. The maximum Gasteiger partial charge on any atom is 0.328 e. The van der Waals surface area contributed by atoms with E-state index in [4.69, 9.17) is 14.6 Å². The summed E-state index contributed by atoms with van der Waals surface area (Å²) in [4.78, 5) is 35.4. The Balaban J connectivity index is 1.97. The lowest BCUT2D eigenvalue weighted by molar-refractivity contribution is -0.131. The van der Waals surface area contributed by atoms with E-state index >= 15 is 0 Å². The Hall–Kier alpha value is -3.46. The summed E-state index contributed by atoms with van der Waals surface area (Å²) in [5.41, 5.74) is 1.03. The average molecular weight is 430 g/mol. The van der Waals surface area contributed by atoms with Gasteiger partial charge in [-0.25, -0.2) is 4.79 Å². The lowest BCUT2D eigenvalue weighted by Crippen LogP contribution is -2.22. The van der Waals surface area contributed by atoms with Crippen LogP contribution in [-0.4, -0.2) is 42.4 Å². The van der Waals surface area contributed by atoms with Gasteiger partial charge in [0, 0.05) is 28.8 Å². The van der Waals surface area contributed by atoms with E-state index in [9.17, 15) is 14.4 Å². The minimum absolute atomic E-state index is 0.206. The molecule has 0 aliphatic heterocycles. The van der Waals surface area contributed by atoms with Crippen LogP contribution >= 0.6 is 11.8 Å². The minimum atomic E-state index is -1.20. The molecule has 1 unspecified atom stereocenters. The maximum absolute atomic E-state index is 12.6. The van der Waals surface area contributed by atoms with Crippen molar-refractivity contribution < 1.29 is 29.0 Å². The number of ether oxygens (including phenoxy) is 2. The van der Waals surface area contributed by atoms with Crippen LogP contribution in [0.5, 0.6) is 11.5 Å². The van der Waals surface area contributed by atoms with Gasteiger partial charge in [0.25, 0.3) is 0 Å². The molecule has 30 heavy (non-hydrogen) atoms. The third-order valence-electron chi connectivity index (χ3n) is 3.85. The molecular formula is C21H22N2O6S. The molecule has 0 heterocycles. The van der Waals surface area contributed by atoms with E-state index in [0.717, 1.165) is 17.0 Å². The molecule has 8 nitrogen and oxygen atoms in total. The molecule has 2 aromatic carbocycles. The van der Waals surface area contributed by atoms with Gasteiger partial charge in [0.2, 0.25) is 11.8 Å². The van der Waals surface area contributed by atoms with Gasteiger partial charge in [-0.1, -0.05) is 0 Å². The highest BCUT2D eigenvalue weighted by Crippen LogP contribution is 2.31. The largest absolute Gasteiger partial charge is 0.497 e. The van der Waals surface area contributed by atoms with Crippen molar-refractivity contribution in [2.75, 3.05) is 24.9 Å². The molecule has 0 radical (unpaired) electrons. The Morgan fingerprint density at radius 1 is 1.00 bits per heavy atom. The van der Waals surface area contributed by atoms with Crippen LogP contribution in [0.1, 0.15) is 6.92 Å². The zero-order chi connectivity index (χ0) is 22.1. The first-order chi connectivity index (χ1) is 14.3. The fraction of sp³-hybridized carbons (Fsp3) is 0.190. The van der Waals surface area contributed by atoms with E-state index in [0.29, 0.717) is 22.9 Å². The molecule has 3 N–H and O–H groups in total. The first kappa shape index (κ1) is 22.8. The van der Waals surface area contributed by atoms with Crippen molar-refractivity contribution >= 4 is 40.9 Å². The quantitative estimate of drug-likeness (QED) is 0.413. The van der Waals surface area contributed by atoms with Crippen LogP contribution in [0, 0.1) is 0 Å². The number of methoxy groups -OCH3 is 2. The predicted molar refractivity (Wildman–Crippen MR) is 115 cm³/mol. The van der Waals surface area contributed by atoms with Gasteiger partial charge in [-0.15, -0.1) is 11.8 Å². The van der Waals surface area contributed by atoms with Gasteiger partial charge >= 0.3 is 5.97 Å². The van der Waals surface area contributed by atoms with E-state index in [1.807, 2.05) is 0 Å². The standard InChI is InChI=1S/C21H22N2O6S/c1-13(21(27)23-17-12-15(28-2)6-9-18(17)29-3)30-16-7-4-14(5-8-16)22-19(24)10-11-20(25)26/h4-13H,1-3H3,(H,22,24)(H,23,27)(H,25,26)/b11-10+. The van der Waals surface area contributed by atoms with Gasteiger partial charge in [0.15, 0.2) is 0 Å². The summed E-state index contributed by atoms with van der Waals surface area (Å²) >= 11 is 1.35. The highest BCUT2D eigenvalue weighted by molar-refractivity contribution is 8.00. The highest BCUT2D eigenvalue weighted by atomic mass is 32.2. The second kappa shape index (κ2) is 10.9. The Bertz CT molecular complexity index is 943. The summed E-state index contributed by atoms with van der Waals surface area (Å²) in [5.74, 6) is -0.822. The summed E-state index contributed by atoms with van der Waals surface area (Å²) in [6.07, 6.45) is 1.70. The summed E-state index contributed by atoms with van der Waals surface area (Å²) in [7, 11) is 3.06. The van der Waals surface area contributed by atoms with E-state index < -0.39 is 17.1 Å². The Morgan fingerprint density at radius 2 is 1.70 bits per heavy atom. The van der Waals surface area contributed by atoms with Crippen molar-refractivity contribution in [2.45, 2.75) is 17.1 Å². The molecule has 0 spiro atoms. The van der Waals surface area contributed by atoms with E-state index in [-0.39, 0.29) is 5.91 Å². The maximum atomic E-state index is 12.6.